The fourth-order valence-electron chi connectivity index (χ4n) is 5.25. The molecule has 0 aromatic heterocycles. The van der Waals surface area contributed by atoms with Crippen molar-refractivity contribution in [1.29, 1.82) is 0 Å². The van der Waals surface area contributed by atoms with E-state index in [9.17, 15) is 19.1 Å². The number of nitrogens with zero attached hydrogens (tertiary/aromatic N) is 1. The molecule has 0 unspecified atom stereocenters. The van der Waals surface area contributed by atoms with Gasteiger partial charge in [-0.25, -0.2) is 9.18 Å². The quantitative estimate of drug-likeness (QED) is 0.259. The van der Waals surface area contributed by atoms with E-state index in [0.29, 0.717) is 17.7 Å². The number of allylic oxidation sites excluding steroid dienone is 1. The van der Waals surface area contributed by atoms with Crippen molar-refractivity contribution in [2.24, 2.45) is 0 Å². The van der Waals surface area contributed by atoms with Crippen LogP contribution in [0.4, 0.5) is 10.1 Å². The van der Waals surface area contributed by atoms with Gasteiger partial charge in [-0.3, -0.25) is 4.79 Å². The molecule has 0 atom stereocenters. The van der Waals surface area contributed by atoms with Gasteiger partial charge < -0.3 is 15.1 Å². The number of anilines is 1. The normalized spacial score (nSPS) is 15.7. The predicted molar refractivity (Wildman–Crippen MR) is 149 cm³/mol. The van der Waals surface area contributed by atoms with E-state index in [1.807, 2.05) is 19.2 Å². The lowest BCUT2D eigenvalue weighted by molar-refractivity contribution is 0.0693. The zero-order valence-corrected chi connectivity index (χ0v) is 22.5. The van der Waals surface area contributed by atoms with Crippen LogP contribution in [0.25, 0.3) is 6.08 Å². The van der Waals surface area contributed by atoms with Crippen LogP contribution in [-0.4, -0.2) is 29.0 Å². The van der Waals surface area contributed by atoms with Gasteiger partial charge in [0.25, 0.3) is 0 Å². The van der Waals surface area contributed by atoms with Gasteiger partial charge in [0.1, 0.15) is 17.1 Å². The van der Waals surface area contributed by atoms with E-state index in [1.165, 1.54) is 35.9 Å². The van der Waals surface area contributed by atoms with Crippen LogP contribution in [0.1, 0.15) is 83.5 Å². The van der Waals surface area contributed by atoms with Gasteiger partial charge in [-0.2, -0.15) is 0 Å². The lowest BCUT2D eigenvalue weighted by Gasteiger charge is -2.44. The molecule has 198 valence electrons. The summed E-state index contributed by atoms with van der Waals surface area (Å²) in [7, 11) is 1.99. The van der Waals surface area contributed by atoms with Crippen LogP contribution >= 0.6 is 0 Å². The lowest BCUT2D eigenvalue weighted by atomic mass is 9.62. The minimum Gasteiger partial charge on any atom is -0.507 e. The number of fused-ring (bicyclic) bond motifs is 1. The number of hydrogen-bond donors (Lipinski definition) is 2. The molecule has 6 heteroatoms. The molecule has 4 rings (SSSR count). The molecule has 0 aliphatic heterocycles. The Morgan fingerprint density at radius 3 is 2.26 bits per heavy atom. The Bertz CT molecular complexity index is 1420. The molecular formula is C32H34FNO4. The number of aromatic carboxylic acids is 1. The summed E-state index contributed by atoms with van der Waals surface area (Å²) in [5.41, 5.74) is 5.01. The second-order valence-electron chi connectivity index (χ2n) is 11.4. The van der Waals surface area contributed by atoms with Gasteiger partial charge in [0.05, 0.1) is 0 Å². The highest BCUT2D eigenvalue weighted by molar-refractivity contribution is 6.08. The van der Waals surface area contributed by atoms with E-state index in [-0.39, 0.29) is 33.7 Å². The summed E-state index contributed by atoms with van der Waals surface area (Å²) < 4.78 is 13.5. The van der Waals surface area contributed by atoms with Crippen LogP contribution in [0.2, 0.25) is 0 Å². The molecule has 0 saturated heterocycles. The number of phenols is 1. The van der Waals surface area contributed by atoms with Crippen molar-refractivity contribution in [3.05, 3.63) is 99.9 Å². The number of benzene rings is 3. The largest absolute Gasteiger partial charge is 0.507 e. The maximum atomic E-state index is 13.5. The summed E-state index contributed by atoms with van der Waals surface area (Å²) in [5.74, 6) is -2.03. The number of halogens is 1. The molecule has 1 aliphatic rings. The fraction of sp³-hybridized carbons (Fsp3) is 0.312. The van der Waals surface area contributed by atoms with Crippen LogP contribution < -0.4 is 4.90 Å². The van der Waals surface area contributed by atoms with E-state index < -0.39 is 5.97 Å². The summed E-state index contributed by atoms with van der Waals surface area (Å²) >= 11 is 0. The summed E-state index contributed by atoms with van der Waals surface area (Å²) in [6.07, 6.45) is 5.04. The molecule has 3 aromatic carbocycles. The highest BCUT2D eigenvalue weighted by Gasteiger charge is 2.40. The van der Waals surface area contributed by atoms with Crippen molar-refractivity contribution in [2.75, 3.05) is 11.9 Å². The van der Waals surface area contributed by atoms with Gasteiger partial charge in [0.2, 0.25) is 0 Å². The Labute approximate surface area is 223 Å². The third-order valence-corrected chi connectivity index (χ3v) is 7.61. The van der Waals surface area contributed by atoms with Crippen molar-refractivity contribution in [2.45, 2.75) is 57.9 Å². The number of carboxylic acids is 1. The van der Waals surface area contributed by atoms with Crippen molar-refractivity contribution >= 4 is 23.5 Å². The molecule has 0 radical (unpaired) electrons. The number of rotatable bonds is 7. The van der Waals surface area contributed by atoms with Crippen molar-refractivity contribution in [3.63, 3.8) is 0 Å². The molecule has 0 spiro atoms. The van der Waals surface area contributed by atoms with E-state index in [0.717, 1.165) is 29.7 Å². The molecule has 0 amide bonds. The summed E-state index contributed by atoms with van der Waals surface area (Å²) in [6.45, 7) is 9.46. The maximum Gasteiger partial charge on any atom is 0.339 e. The summed E-state index contributed by atoms with van der Waals surface area (Å²) in [4.78, 5) is 26.7. The fourth-order valence-corrected chi connectivity index (χ4v) is 5.25. The Hall–Kier alpha value is -3.93. The third kappa shape index (κ3) is 5.49. The van der Waals surface area contributed by atoms with Crippen LogP contribution in [0.5, 0.6) is 5.75 Å². The standard InChI is InChI=1S/C32H34FNO4/c1-31(2)14-15-32(3,4)29-25(31)17-22(18-26(29)34(5)19-21-6-10-23(33)11-7-21)27(35)13-9-20-8-12-24(30(37)38)28(36)16-20/h6-13,16-18,36H,14-15,19H2,1-5H3,(H,37,38)/b13-9+. The Balaban J connectivity index is 1.75. The maximum absolute atomic E-state index is 13.5. The number of carboxylic acid groups (broad SMARTS) is 1. The van der Waals surface area contributed by atoms with Gasteiger partial charge >= 0.3 is 5.97 Å². The smallest absolute Gasteiger partial charge is 0.339 e. The van der Waals surface area contributed by atoms with E-state index in [1.54, 1.807) is 24.3 Å². The topological polar surface area (TPSA) is 77.8 Å². The van der Waals surface area contributed by atoms with E-state index in [4.69, 9.17) is 5.11 Å². The van der Waals surface area contributed by atoms with Gasteiger partial charge in [-0.1, -0.05) is 52.0 Å². The first kappa shape index (κ1) is 27.1. The number of carbonyl (C=O) groups excluding carboxylic acids is 1. The predicted octanol–water partition coefficient (Wildman–Crippen LogP) is 7.11. The van der Waals surface area contributed by atoms with Gasteiger partial charge in [-0.05, 0) is 88.4 Å². The van der Waals surface area contributed by atoms with Crippen molar-refractivity contribution in [1.82, 2.24) is 0 Å². The van der Waals surface area contributed by atoms with E-state index in [2.05, 4.69) is 32.6 Å². The van der Waals surface area contributed by atoms with Gasteiger partial charge in [0, 0.05) is 24.8 Å². The number of ketones is 1. The average molecular weight is 516 g/mol. The lowest BCUT2D eigenvalue weighted by Crippen LogP contribution is -2.36. The number of carbonyl (C=O) groups is 2. The SMILES string of the molecule is CN(Cc1ccc(F)cc1)c1cc(C(=O)/C=C/c2ccc(C(=O)O)c(O)c2)cc2c1C(C)(C)CCC2(C)C. The molecule has 5 nitrogen and oxygen atoms in total. The Morgan fingerprint density at radius 1 is 0.974 bits per heavy atom. The summed E-state index contributed by atoms with van der Waals surface area (Å²) in [6, 6.07) is 14.6. The monoisotopic (exact) mass is 515 g/mol. The van der Waals surface area contributed by atoms with Gasteiger partial charge in [-0.15, -0.1) is 0 Å². The molecule has 0 heterocycles. The van der Waals surface area contributed by atoms with Crippen molar-refractivity contribution < 1.29 is 24.2 Å². The first-order valence-corrected chi connectivity index (χ1v) is 12.7. The van der Waals surface area contributed by atoms with E-state index >= 15 is 0 Å². The summed E-state index contributed by atoms with van der Waals surface area (Å²) in [5, 5.41) is 19.1. The second-order valence-corrected chi connectivity index (χ2v) is 11.4. The molecule has 2 N–H and O–H groups in total. The first-order valence-electron chi connectivity index (χ1n) is 12.7. The molecule has 38 heavy (non-hydrogen) atoms. The molecule has 0 saturated carbocycles. The molecule has 1 aliphatic carbocycles. The zero-order valence-electron chi connectivity index (χ0n) is 22.5. The highest BCUT2D eigenvalue weighted by Crippen LogP contribution is 2.50. The second kappa shape index (κ2) is 10.1. The highest BCUT2D eigenvalue weighted by atomic mass is 19.1. The molecule has 0 fully saturated rings. The Kier molecular flexibility index (Phi) is 7.20. The number of hydrogen-bond acceptors (Lipinski definition) is 4. The van der Waals surface area contributed by atoms with Gasteiger partial charge in [0.15, 0.2) is 5.78 Å². The minimum atomic E-state index is -1.22. The minimum absolute atomic E-state index is 0.0852. The Morgan fingerprint density at radius 2 is 1.63 bits per heavy atom. The van der Waals surface area contributed by atoms with Crippen LogP contribution in [0, 0.1) is 5.82 Å². The third-order valence-electron chi connectivity index (χ3n) is 7.61. The zero-order chi connectivity index (χ0) is 27.8. The first-order chi connectivity index (χ1) is 17.8. The molecule has 3 aromatic rings. The van der Waals surface area contributed by atoms with Crippen LogP contribution in [0.3, 0.4) is 0 Å². The molecular weight excluding hydrogens is 481 g/mol. The number of aromatic hydroxyl groups is 1. The van der Waals surface area contributed by atoms with Crippen molar-refractivity contribution in [3.8, 4) is 5.75 Å². The van der Waals surface area contributed by atoms with Crippen LogP contribution in [0.15, 0.2) is 60.7 Å². The average Bonchev–Trinajstić information content (AvgIpc) is 2.86. The molecule has 0 bridgehead atoms. The van der Waals surface area contributed by atoms with Crippen LogP contribution in [-0.2, 0) is 17.4 Å².